The first-order chi connectivity index (χ1) is 8.15. The van der Waals surface area contributed by atoms with Crippen LogP contribution in [-0.4, -0.2) is 23.1 Å². The predicted molar refractivity (Wildman–Crippen MR) is 72.6 cm³/mol. The first-order valence-corrected chi connectivity index (χ1v) is 7.42. The average Bonchev–Trinajstić information content (AvgIpc) is 2.88. The molecule has 1 aliphatic carbocycles. The Labute approximate surface area is 107 Å². The van der Waals surface area contributed by atoms with Crippen molar-refractivity contribution in [3.8, 4) is 0 Å². The van der Waals surface area contributed by atoms with Crippen LogP contribution in [0.25, 0.3) is 0 Å². The molecule has 4 heteroatoms. The molecular weight excluding hydrogens is 230 g/mol. The summed E-state index contributed by atoms with van der Waals surface area (Å²) >= 11 is 1.85. The van der Waals surface area contributed by atoms with E-state index in [2.05, 4.69) is 29.0 Å². The lowest BCUT2D eigenvalue weighted by atomic mass is 10.0. The Morgan fingerprint density at radius 3 is 3.00 bits per heavy atom. The summed E-state index contributed by atoms with van der Waals surface area (Å²) < 4.78 is 0. The molecule has 94 valence electrons. The lowest BCUT2D eigenvalue weighted by molar-refractivity contribution is 0.517. The van der Waals surface area contributed by atoms with Gasteiger partial charge >= 0.3 is 0 Å². The maximum absolute atomic E-state index is 4.60. The zero-order valence-corrected chi connectivity index (χ0v) is 11.5. The smallest absolute Gasteiger partial charge is 0.185 e. The highest BCUT2D eigenvalue weighted by Crippen LogP contribution is 2.35. The van der Waals surface area contributed by atoms with Gasteiger partial charge in [0.2, 0.25) is 0 Å². The van der Waals surface area contributed by atoms with Crippen LogP contribution >= 0.6 is 11.3 Å². The zero-order valence-electron chi connectivity index (χ0n) is 10.7. The fourth-order valence-corrected chi connectivity index (χ4v) is 3.55. The molecule has 2 heterocycles. The molecule has 1 N–H and O–H groups in total. The van der Waals surface area contributed by atoms with Gasteiger partial charge in [0.05, 0.1) is 0 Å². The number of rotatable bonds is 4. The Morgan fingerprint density at radius 1 is 1.53 bits per heavy atom. The maximum atomic E-state index is 4.60. The Bertz CT molecular complexity index is 395. The average molecular weight is 251 g/mol. The third-order valence-electron chi connectivity index (χ3n) is 3.82. The van der Waals surface area contributed by atoms with Gasteiger partial charge in [0.15, 0.2) is 5.13 Å². The third kappa shape index (κ3) is 2.47. The third-order valence-corrected chi connectivity index (χ3v) is 4.84. The van der Waals surface area contributed by atoms with E-state index >= 15 is 0 Å². The number of hydrogen-bond acceptors (Lipinski definition) is 4. The van der Waals surface area contributed by atoms with Crippen LogP contribution in [0.15, 0.2) is 6.20 Å². The van der Waals surface area contributed by atoms with Crippen molar-refractivity contribution in [1.82, 2.24) is 10.3 Å². The number of nitrogens with zero attached hydrogens (tertiary/aromatic N) is 2. The molecule has 0 unspecified atom stereocenters. The van der Waals surface area contributed by atoms with Gasteiger partial charge in [-0.25, -0.2) is 4.98 Å². The molecule has 0 spiro atoms. The maximum Gasteiger partial charge on any atom is 0.185 e. The van der Waals surface area contributed by atoms with Crippen molar-refractivity contribution in [2.45, 2.75) is 57.7 Å². The molecule has 1 saturated heterocycles. The van der Waals surface area contributed by atoms with Crippen LogP contribution in [0, 0.1) is 0 Å². The number of aromatic nitrogens is 1. The molecule has 1 aromatic rings. The number of nitrogens with one attached hydrogen (secondary N) is 1. The number of anilines is 1. The fourth-order valence-electron chi connectivity index (χ4n) is 2.50. The monoisotopic (exact) mass is 251 g/mol. The highest BCUT2D eigenvalue weighted by molar-refractivity contribution is 7.15. The summed E-state index contributed by atoms with van der Waals surface area (Å²) in [6.45, 7) is 6.81. The standard InChI is InChI=1S/C13H21N3S/c1-13(2)6-3-7-16(13)12-15-9-11(17-12)8-14-10-4-5-10/h9-10,14H,3-8H2,1-2H3. The van der Waals surface area contributed by atoms with Crippen molar-refractivity contribution in [3.63, 3.8) is 0 Å². The van der Waals surface area contributed by atoms with Gasteiger partial charge in [-0.15, -0.1) is 11.3 Å². The molecule has 3 nitrogen and oxygen atoms in total. The first kappa shape index (κ1) is 11.5. The summed E-state index contributed by atoms with van der Waals surface area (Å²) in [6, 6.07) is 0.781. The van der Waals surface area contributed by atoms with Gasteiger partial charge in [0.1, 0.15) is 0 Å². The molecule has 3 rings (SSSR count). The minimum Gasteiger partial charge on any atom is -0.343 e. The van der Waals surface area contributed by atoms with Crippen molar-refractivity contribution in [2.24, 2.45) is 0 Å². The Balaban J connectivity index is 1.66. The van der Waals surface area contributed by atoms with Crippen molar-refractivity contribution in [1.29, 1.82) is 0 Å². The molecule has 1 aromatic heterocycles. The summed E-state index contributed by atoms with van der Waals surface area (Å²) in [5, 5.41) is 4.76. The molecule has 0 aromatic carbocycles. The van der Waals surface area contributed by atoms with Crippen LogP contribution in [0.2, 0.25) is 0 Å². The van der Waals surface area contributed by atoms with Crippen molar-refractivity contribution in [3.05, 3.63) is 11.1 Å². The molecule has 17 heavy (non-hydrogen) atoms. The quantitative estimate of drug-likeness (QED) is 0.892. The van der Waals surface area contributed by atoms with E-state index in [1.165, 1.54) is 35.7 Å². The first-order valence-electron chi connectivity index (χ1n) is 6.61. The molecule has 0 atom stereocenters. The SMILES string of the molecule is CC1(C)CCCN1c1ncc(CNC2CC2)s1. The number of thiazole rings is 1. The van der Waals surface area contributed by atoms with Crippen molar-refractivity contribution < 1.29 is 0 Å². The summed E-state index contributed by atoms with van der Waals surface area (Å²) in [5.74, 6) is 0. The molecule has 2 fully saturated rings. The van der Waals surface area contributed by atoms with E-state index in [9.17, 15) is 0 Å². The van der Waals surface area contributed by atoms with E-state index in [0.29, 0.717) is 5.54 Å². The van der Waals surface area contributed by atoms with Gasteiger partial charge in [-0.2, -0.15) is 0 Å². The predicted octanol–water partition coefficient (Wildman–Crippen LogP) is 2.77. The molecule has 1 aliphatic heterocycles. The van der Waals surface area contributed by atoms with E-state index in [-0.39, 0.29) is 0 Å². The van der Waals surface area contributed by atoms with Gasteiger partial charge in [-0.05, 0) is 39.5 Å². The van der Waals surface area contributed by atoms with E-state index in [0.717, 1.165) is 19.1 Å². The molecule has 1 saturated carbocycles. The van der Waals surface area contributed by atoms with Gasteiger partial charge < -0.3 is 10.2 Å². The minimum atomic E-state index is 0.291. The fraction of sp³-hybridized carbons (Fsp3) is 0.769. The Kier molecular flexibility index (Phi) is 2.87. The second-order valence-corrected chi connectivity index (χ2v) is 6.93. The Hall–Kier alpha value is -0.610. The number of hydrogen-bond donors (Lipinski definition) is 1. The van der Waals surface area contributed by atoms with Gasteiger partial charge in [0.25, 0.3) is 0 Å². The van der Waals surface area contributed by atoms with Crippen molar-refractivity contribution >= 4 is 16.5 Å². The lowest BCUT2D eigenvalue weighted by Gasteiger charge is -2.31. The summed E-state index contributed by atoms with van der Waals surface area (Å²) in [7, 11) is 0. The van der Waals surface area contributed by atoms with Crippen LogP contribution in [-0.2, 0) is 6.54 Å². The van der Waals surface area contributed by atoms with Gasteiger partial charge in [0, 0.05) is 35.7 Å². The van der Waals surface area contributed by atoms with Crippen LogP contribution in [0.5, 0.6) is 0 Å². The Morgan fingerprint density at radius 2 is 2.35 bits per heavy atom. The molecular formula is C13H21N3S. The molecule has 2 aliphatic rings. The molecule has 0 amide bonds. The van der Waals surface area contributed by atoms with Crippen LogP contribution in [0.1, 0.15) is 44.4 Å². The van der Waals surface area contributed by atoms with Crippen LogP contribution in [0.4, 0.5) is 5.13 Å². The van der Waals surface area contributed by atoms with E-state index in [1.807, 2.05) is 17.5 Å². The minimum absolute atomic E-state index is 0.291. The van der Waals surface area contributed by atoms with Crippen LogP contribution < -0.4 is 10.2 Å². The zero-order chi connectivity index (χ0) is 11.9. The summed E-state index contributed by atoms with van der Waals surface area (Å²) in [5.41, 5.74) is 0.291. The van der Waals surface area contributed by atoms with Gasteiger partial charge in [-0.3, -0.25) is 0 Å². The van der Waals surface area contributed by atoms with Crippen molar-refractivity contribution in [2.75, 3.05) is 11.4 Å². The van der Waals surface area contributed by atoms with E-state index < -0.39 is 0 Å². The normalized spacial score (nSPS) is 23.3. The van der Waals surface area contributed by atoms with E-state index in [4.69, 9.17) is 0 Å². The highest BCUT2D eigenvalue weighted by Gasteiger charge is 2.33. The summed E-state index contributed by atoms with van der Waals surface area (Å²) in [4.78, 5) is 8.44. The molecule has 0 bridgehead atoms. The second kappa shape index (κ2) is 4.25. The topological polar surface area (TPSA) is 28.2 Å². The highest BCUT2D eigenvalue weighted by atomic mass is 32.1. The van der Waals surface area contributed by atoms with Gasteiger partial charge in [-0.1, -0.05) is 0 Å². The lowest BCUT2D eigenvalue weighted by Crippen LogP contribution is -2.37. The van der Waals surface area contributed by atoms with E-state index in [1.54, 1.807) is 0 Å². The molecule has 0 radical (unpaired) electrons. The largest absolute Gasteiger partial charge is 0.343 e. The van der Waals surface area contributed by atoms with Crippen LogP contribution in [0.3, 0.4) is 0 Å². The second-order valence-electron chi connectivity index (χ2n) is 5.83. The summed E-state index contributed by atoms with van der Waals surface area (Å²) in [6.07, 6.45) is 7.32.